The summed E-state index contributed by atoms with van der Waals surface area (Å²) in [6.07, 6.45) is 0.392. The van der Waals surface area contributed by atoms with Crippen molar-refractivity contribution < 1.29 is 14.3 Å². The highest BCUT2D eigenvalue weighted by atomic mass is 16.7. The molecule has 2 rings (SSSR count). The molecule has 22 heavy (non-hydrogen) atoms. The van der Waals surface area contributed by atoms with Crippen LogP contribution in [0.1, 0.15) is 29.8 Å². The zero-order valence-electron chi connectivity index (χ0n) is 13.1. The van der Waals surface area contributed by atoms with Gasteiger partial charge in [-0.15, -0.1) is 0 Å². The van der Waals surface area contributed by atoms with Crippen LogP contribution < -0.4 is 0 Å². The molecule has 0 aromatic heterocycles. The lowest BCUT2D eigenvalue weighted by molar-refractivity contribution is -0.195. The lowest BCUT2D eigenvalue weighted by atomic mass is 9.96. The van der Waals surface area contributed by atoms with Crippen LogP contribution in [0, 0.1) is 0 Å². The smallest absolute Gasteiger partial charge is 0.237 e. The van der Waals surface area contributed by atoms with Gasteiger partial charge < -0.3 is 9.47 Å². The van der Waals surface area contributed by atoms with Gasteiger partial charge in [-0.2, -0.15) is 0 Å². The van der Waals surface area contributed by atoms with Gasteiger partial charge in [0.15, 0.2) is 0 Å². The fourth-order valence-corrected chi connectivity index (χ4v) is 2.50. The van der Waals surface area contributed by atoms with Crippen molar-refractivity contribution >= 4 is 5.78 Å². The second-order valence-corrected chi connectivity index (χ2v) is 4.98. The molecule has 0 amide bonds. The van der Waals surface area contributed by atoms with Crippen LogP contribution in [-0.4, -0.2) is 24.8 Å². The summed E-state index contributed by atoms with van der Waals surface area (Å²) < 4.78 is 11.6. The summed E-state index contributed by atoms with van der Waals surface area (Å²) in [7, 11) is 0. The molecule has 0 aliphatic carbocycles. The Bertz CT molecular complexity index is 572. The number of ether oxygens (including phenoxy) is 2. The number of hydrogen-bond acceptors (Lipinski definition) is 3. The van der Waals surface area contributed by atoms with E-state index in [0.29, 0.717) is 25.2 Å². The molecule has 0 unspecified atom stereocenters. The summed E-state index contributed by atoms with van der Waals surface area (Å²) in [5.74, 6) is -1.41. The van der Waals surface area contributed by atoms with E-state index in [0.717, 1.165) is 5.56 Å². The minimum Gasteiger partial charge on any atom is -0.343 e. The van der Waals surface area contributed by atoms with Crippen LogP contribution in [0.25, 0.3) is 0 Å². The van der Waals surface area contributed by atoms with E-state index in [9.17, 15) is 4.79 Å². The molecule has 0 atom stereocenters. The first kappa shape index (κ1) is 16.4. The van der Waals surface area contributed by atoms with E-state index < -0.39 is 5.79 Å². The average Bonchev–Trinajstić information content (AvgIpc) is 2.56. The van der Waals surface area contributed by atoms with Crippen molar-refractivity contribution in [1.82, 2.24) is 0 Å². The highest BCUT2D eigenvalue weighted by Gasteiger charge is 2.40. The topological polar surface area (TPSA) is 35.5 Å². The lowest BCUT2D eigenvalue weighted by Gasteiger charge is -2.32. The number of rotatable bonds is 8. The highest BCUT2D eigenvalue weighted by Crippen LogP contribution is 2.25. The first-order valence-corrected chi connectivity index (χ1v) is 7.63. The van der Waals surface area contributed by atoms with E-state index in [1.165, 1.54) is 0 Å². The molecule has 0 spiro atoms. The van der Waals surface area contributed by atoms with E-state index in [2.05, 4.69) is 0 Å². The molecule has 2 aromatic carbocycles. The van der Waals surface area contributed by atoms with Crippen LogP contribution in [0.2, 0.25) is 0 Å². The fourth-order valence-electron chi connectivity index (χ4n) is 2.50. The molecular weight excluding hydrogens is 276 g/mol. The molecule has 116 valence electrons. The first-order chi connectivity index (χ1) is 10.7. The van der Waals surface area contributed by atoms with Gasteiger partial charge >= 0.3 is 0 Å². The molecule has 0 saturated carbocycles. The Morgan fingerprint density at radius 1 is 0.864 bits per heavy atom. The summed E-state index contributed by atoms with van der Waals surface area (Å²) in [5.41, 5.74) is 1.61. The van der Waals surface area contributed by atoms with Crippen LogP contribution in [0.5, 0.6) is 0 Å². The maximum absolute atomic E-state index is 13.0. The quantitative estimate of drug-likeness (QED) is 0.548. The first-order valence-electron chi connectivity index (χ1n) is 7.63. The Labute approximate surface area is 131 Å². The number of carbonyl (C=O) groups is 1. The van der Waals surface area contributed by atoms with Crippen molar-refractivity contribution in [1.29, 1.82) is 0 Å². The minimum atomic E-state index is -1.27. The molecule has 0 heterocycles. The summed E-state index contributed by atoms with van der Waals surface area (Å²) in [5, 5.41) is 0. The van der Waals surface area contributed by atoms with Crippen molar-refractivity contribution in [2.45, 2.75) is 26.1 Å². The molecule has 0 saturated heterocycles. The molecule has 0 aliphatic heterocycles. The maximum Gasteiger partial charge on any atom is 0.237 e. The fraction of sp³-hybridized carbons (Fsp3) is 0.316. The zero-order valence-corrected chi connectivity index (χ0v) is 13.1. The van der Waals surface area contributed by atoms with Gasteiger partial charge in [-0.1, -0.05) is 60.7 Å². The van der Waals surface area contributed by atoms with Crippen molar-refractivity contribution in [2.24, 2.45) is 0 Å². The molecule has 0 N–H and O–H groups in total. The molecular formula is C19H22O3. The van der Waals surface area contributed by atoms with Crippen molar-refractivity contribution in [3.8, 4) is 0 Å². The van der Waals surface area contributed by atoms with Crippen LogP contribution in [0.15, 0.2) is 60.7 Å². The maximum atomic E-state index is 13.0. The third-order valence-electron chi connectivity index (χ3n) is 3.42. The number of carbonyl (C=O) groups excluding carboxylic acids is 1. The Balaban J connectivity index is 2.37. The normalized spacial score (nSPS) is 11.4. The molecule has 0 radical (unpaired) electrons. The Morgan fingerprint density at radius 3 is 1.86 bits per heavy atom. The summed E-state index contributed by atoms with van der Waals surface area (Å²) >= 11 is 0. The number of ketones is 1. The van der Waals surface area contributed by atoms with Gasteiger partial charge in [0.05, 0.1) is 0 Å². The van der Waals surface area contributed by atoms with Gasteiger partial charge in [0.25, 0.3) is 0 Å². The SMILES string of the molecule is CCOC(Cc1ccccc1)(OCC)C(=O)c1ccccc1. The highest BCUT2D eigenvalue weighted by molar-refractivity contribution is 6.01. The second kappa shape index (κ2) is 7.87. The predicted octanol–water partition coefficient (Wildman–Crippen LogP) is 3.88. The zero-order chi connectivity index (χ0) is 15.8. The van der Waals surface area contributed by atoms with Crippen LogP contribution in [0.4, 0.5) is 0 Å². The summed E-state index contributed by atoms with van der Waals surface area (Å²) in [4.78, 5) is 13.0. The number of hydrogen-bond donors (Lipinski definition) is 0. The minimum absolute atomic E-state index is 0.138. The van der Waals surface area contributed by atoms with Gasteiger partial charge in [-0.3, -0.25) is 4.79 Å². The van der Waals surface area contributed by atoms with E-state index in [-0.39, 0.29) is 5.78 Å². The van der Waals surface area contributed by atoms with Gasteiger partial charge in [0.2, 0.25) is 11.6 Å². The van der Waals surface area contributed by atoms with E-state index in [1.54, 1.807) is 12.1 Å². The Hall–Kier alpha value is -1.97. The van der Waals surface area contributed by atoms with Crippen LogP contribution in [-0.2, 0) is 15.9 Å². The van der Waals surface area contributed by atoms with Crippen LogP contribution >= 0.6 is 0 Å². The van der Waals surface area contributed by atoms with E-state index >= 15 is 0 Å². The average molecular weight is 298 g/mol. The molecule has 2 aromatic rings. The number of benzene rings is 2. The van der Waals surface area contributed by atoms with E-state index in [1.807, 2.05) is 62.4 Å². The van der Waals surface area contributed by atoms with Gasteiger partial charge in [0, 0.05) is 25.2 Å². The van der Waals surface area contributed by atoms with E-state index in [4.69, 9.17) is 9.47 Å². The summed E-state index contributed by atoms with van der Waals surface area (Å²) in [6.45, 7) is 4.56. The summed E-state index contributed by atoms with van der Waals surface area (Å²) in [6, 6.07) is 19.0. The molecule has 3 nitrogen and oxygen atoms in total. The molecule has 0 bridgehead atoms. The van der Waals surface area contributed by atoms with Crippen molar-refractivity contribution in [2.75, 3.05) is 13.2 Å². The third-order valence-corrected chi connectivity index (χ3v) is 3.42. The van der Waals surface area contributed by atoms with Crippen molar-refractivity contribution in [3.63, 3.8) is 0 Å². The monoisotopic (exact) mass is 298 g/mol. The largest absolute Gasteiger partial charge is 0.343 e. The molecule has 3 heteroatoms. The van der Waals surface area contributed by atoms with Crippen molar-refractivity contribution in [3.05, 3.63) is 71.8 Å². The van der Waals surface area contributed by atoms with Gasteiger partial charge in [0.1, 0.15) is 0 Å². The predicted molar refractivity (Wildman–Crippen MR) is 86.9 cm³/mol. The van der Waals surface area contributed by atoms with Gasteiger partial charge in [-0.25, -0.2) is 0 Å². The standard InChI is InChI=1S/C19H22O3/c1-3-21-19(22-4-2,15-16-11-7-5-8-12-16)18(20)17-13-9-6-10-14-17/h5-14H,3-4,15H2,1-2H3. The Morgan fingerprint density at radius 2 is 1.36 bits per heavy atom. The van der Waals surface area contributed by atoms with Gasteiger partial charge in [-0.05, 0) is 19.4 Å². The Kier molecular flexibility index (Phi) is 5.87. The molecule has 0 aliphatic rings. The molecule has 0 fully saturated rings. The van der Waals surface area contributed by atoms with Crippen LogP contribution in [0.3, 0.4) is 0 Å². The lowest BCUT2D eigenvalue weighted by Crippen LogP contribution is -2.46. The number of Topliss-reactive ketones (excluding diaryl/α,β-unsaturated/α-hetero) is 1. The second-order valence-electron chi connectivity index (χ2n) is 4.98. The third kappa shape index (κ3) is 3.81.